The second-order valence-electron chi connectivity index (χ2n) is 4.23. The average molecular weight is 371 g/mol. The van der Waals surface area contributed by atoms with Crippen LogP contribution in [0.4, 0.5) is 11.4 Å². The molecule has 7 heteroatoms. The van der Waals surface area contributed by atoms with E-state index in [2.05, 4.69) is 26.0 Å². The van der Waals surface area contributed by atoms with Crippen molar-refractivity contribution < 1.29 is 13.2 Å². The summed E-state index contributed by atoms with van der Waals surface area (Å²) >= 11 is 3.28. The highest BCUT2D eigenvalue weighted by Gasteiger charge is 2.16. The Morgan fingerprint density at radius 3 is 2.19 bits per heavy atom. The van der Waals surface area contributed by atoms with Gasteiger partial charge in [-0.2, -0.15) is 0 Å². The zero-order chi connectivity index (χ0) is 15.5. The van der Waals surface area contributed by atoms with Crippen LogP contribution in [0.1, 0.15) is 0 Å². The van der Waals surface area contributed by atoms with Gasteiger partial charge in [0.05, 0.1) is 16.5 Å². The van der Waals surface area contributed by atoms with E-state index < -0.39 is 10.0 Å². The van der Waals surface area contributed by atoms with Gasteiger partial charge in [-0.1, -0.05) is 0 Å². The number of sulfonamides is 1. The maximum Gasteiger partial charge on any atom is 0.261 e. The number of halogens is 1. The monoisotopic (exact) mass is 370 g/mol. The summed E-state index contributed by atoms with van der Waals surface area (Å²) in [7, 11) is -0.313. The third kappa shape index (κ3) is 3.68. The molecule has 5 nitrogen and oxygen atoms in total. The molecule has 0 amide bonds. The van der Waals surface area contributed by atoms with Gasteiger partial charge in [-0.15, -0.1) is 0 Å². The Balaban J connectivity index is 2.26. The summed E-state index contributed by atoms with van der Waals surface area (Å²) in [6.45, 7) is 0. The molecule has 0 aromatic heterocycles. The second-order valence-corrected chi connectivity index (χ2v) is 6.77. The smallest absolute Gasteiger partial charge is 0.261 e. The quantitative estimate of drug-likeness (QED) is 0.847. The summed E-state index contributed by atoms with van der Waals surface area (Å²) in [5.41, 5.74) is 1.41. The molecule has 21 heavy (non-hydrogen) atoms. The first-order chi connectivity index (χ1) is 9.96. The molecular weight excluding hydrogens is 356 g/mol. The van der Waals surface area contributed by atoms with Crippen molar-refractivity contribution in [2.45, 2.75) is 4.90 Å². The summed E-state index contributed by atoms with van der Waals surface area (Å²) in [5, 5.41) is 2.97. The molecule has 0 bridgehead atoms. The lowest BCUT2D eigenvalue weighted by Gasteiger charge is -2.10. The van der Waals surface area contributed by atoms with E-state index in [0.29, 0.717) is 15.9 Å². The fourth-order valence-electron chi connectivity index (χ4n) is 1.73. The van der Waals surface area contributed by atoms with Crippen molar-refractivity contribution in [2.75, 3.05) is 24.2 Å². The fourth-order valence-corrected chi connectivity index (χ4v) is 3.51. The Kier molecular flexibility index (Phi) is 4.74. The molecule has 0 unspecified atom stereocenters. The average Bonchev–Trinajstić information content (AvgIpc) is 2.47. The molecule has 2 aromatic carbocycles. The molecule has 112 valence electrons. The number of benzene rings is 2. The van der Waals surface area contributed by atoms with Crippen LogP contribution in [-0.2, 0) is 10.0 Å². The van der Waals surface area contributed by atoms with Crippen molar-refractivity contribution in [1.82, 2.24) is 0 Å². The highest BCUT2D eigenvalue weighted by atomic mass is 79.9. The molecule has 0 radical (unpaired) electrons. The van der Waals surface area contributed by atoms with Crippen LogP contribution in [0.15, 0.2) is 51.8 Å². The minimum absolute atomic E-state index is 0.160. The van der Waals surface area contributed by atoms with Crippen molar-refractivity contribution in [1.29, 1.82) is 0 Å². The van der Waals surface area contributed by atoms with E-state index >= 15 is 0 Å². The molecule has 0 aliphatic rings. The van der Waals surface area contributed by atoms with Crippen LogP contribution in [0.5, 0.6) is 5.75 Å². The maximum atomic E-state index is 12.3. The topological polar surface area (TPSA) is 67.4 Å². The van der Waals surface area contributed by atoms with Crippen LogP contribution in [0.2, 0.25) is 0 Å². The van der Waals surface area contributed by atoms with E-state index in [1.165, 1.54) is 19.2 Å². The minimum Gasteiger partial charge on any atom is -0.496 e. The van der Waals surface area contributed by atoms with Crippen LogP contribution in [0, 0.1) is 0 Å². The van der Waals surface area contributed by atoms with Crippen LogP contribution in [-0.4, -0.2) is 22.6 Å². The SMILES string of the molecule is CNc1ccc(NS(=O)(=O)c2ccc(OC)c(Br)c2)cc1. The van der Waals surface area contributed by atoms with Crippen LogP contribution < -0.4 is 14.8 Å². The number of ether oxygens (including phenoxy) is 1. The van der Waals surface area contributed by atoms with Gasteiger partial charge in [-0.25, -0.2) is 8.42 Å². The lowest BCUT2D eigenvalue weighted by Crippen LogP contribution is -2.13. The van der Waals surface area contributed by atoms with E-state index in [-0.39, 0.29) is 4.90 Å². The highest BCUT2D eigenvalue weighted by Crippen LogP contribution is 2.28. The van der Waals surface area contributed by atoms with Crippen molar-refractivity contribution in [3.8, 4) is 5.75 Å². The molecule has 0 saturated heterocycles. The molecule has 0 heterocycles. The van der Waals surface area contributed by atoms with Crippen molar-refractivity contribution in [3.05, 3.63) is 46.9 Å². The fraction of sp³-hybridized carbons (Fsp3) is 0.143. The predicted octanol–water partition coefficient (Wildman–Crippen LogP) is 3.30. The molecule has 0 aliphatic carbocycles. The van der Waals surface area contributed by atoms with Gasteiger partial charge in [-0.05, 0) is 58.4 Å². The van der Waals surface area contributed by atoms with E-state index in [4.69, 9.17) is 4.74 Å². The van der Waals surface area contributed by atoms with E-state index in [1.807, 2.05) is 0 Å². The number of rotatable bonds is 5. The summed E-state index contributed by atoms with van der Waals surface area (Å²) in [5.74, 6) is 0.576. The van der Waals surface area contributed by atoms with Crippen molar-refractivity contribution in [3.63, 3.8) is 0 Å². The molecule has 2 N–H and O–H groups in total. The molecule has 0 atom stereocenters. The van der Waals surface area contributed by atoms with Gasteiger partial charge in [-0.3, -0.25) is 4.72 Å². The Bertz CT molecular complexity index is 730. The Labute approximate surface area is 132 Å². The first-order valence-corrected chi connectivity index (χ1v) is 8.38. The number of anilines is 2. The van der Waals surface area contributed by atoms with Gasteiger partial charge in [0, 0.05) is 18.4 Å². The Morgan fingerprint density at radius 2 is 1.67 bits per heavy atom. The van der Waals surface area contributed by atoms with E-state index in [9.17, 15) is 8.42 Å². The lowest BCUT2D eigenvalue weighted by atomic mass is 10.3. The third-order valence-electron chi connectivity index (χ3n) is 2.86. The van der Waals surface area contributed by atoms with Crippen LogP contribution in [0.25, 0.3) is 0 Å². The predicted molar refractivity (Wildman–Crippen MR) is 87.5 cm³/mol. The molecule has 2 aromatic rings. The standard InChI is InChI=1S/C14H15BrN2O3S/c1-16-10-3-5-11(6-4-10)17-21(18,19)12-7-8-14(20-2)13(15)9-12/h3-9,16-17H,1-2H3. The minimum atomic E-state index is -3.64. The number of methoxy groups -OCH3 is 1. The summed E-state index contributed by atoms with van der Waals surface area (Å²) in [6, 6.07) is 11.6. The van der Waals surface area contributed by atoms with Crippen molar-refractivity contribution in [2.24, 2.45) is 0 Å². The first-order valence-electron chi connectivity index (χ1n) is 6.10. The van der Waals surface area contributed by atoms with Gasteiger partial charge in [0.25, 0.3) is 10.0 Å². The number of hydrogen-bond donors (Lipinski definition) is 2. The summed E-state index contributed by atoms with van der Waals surface area (Å²) < 4.78 is 32.8. The van der Waals surface area contributed by atoms with Crippen LogP contribution >= 0.6 is 15.9 Å². The third-order valence-corrected chi connectivity index (χ3v) is 4.86. The van der Waals surface area contributed by atoms with Gasteiger partial charge in [0.15, 0.2) is 0 Å². The highest BCUT2D eigenvalue weighted by molar-refractivity contribution is 9.10. The molecule has 2 rings (SSSR count). The number of nitrogens with one attached hydrogen (secondary N) is 2. The van der Waals surface area contributed by atoms with Crippen molar-refractivity contribution >= 4 is 37.3 Å². The number of hydrogen-bond acceptors (Lipinski definition) is 4. The molecule has 0 fully saturated rings. The zero-order valence-corrected chi connectivity index (χ0v) is 14.0. The zero-order valence-electron chi connectivity index (χ0n) is 11.6. The maximum absolute atomic E-state index is 12.3. The van der Waals surface area contributed by atoms with Gasteiger partial charge in [0.2, 0.25) is 0 Å². The summed E-state index contributed by atoms with van der Waals surface area (Å²) in [6.07, 6.45) is 0. The molecule has 0 aliphatic heterocycles. The summed E-state index contributed by atoms with van der Waals surface area (Å²) in [4.78, 5) is 0.160. The van der Waals surface area contributed by atoms with Gasteiger partial charge >= 0.3 is 0 Å². The first kappa shape index (κ1) is 15.7. The largest absolute Gasteiger partial charge is 0.496 e. The van der Waals surface area contributed by atoms with Gasteiger partial charge in [0.1, 0.15) is 5.75 Å². The van der Waals surface area contributed by atoms with Crippen LogP contribution in [0.3, 0.4) is 0 Å². The normalized spacial score (nSPS) is 11.0. The Morgan fingerprint density at radius 1 is 1.05 bits per heavy atom. The van der Waals surface area contributed by atoms with E-state index in [1.54, 1.807) is 37.4 Å². The molecular formula is C14H15BrN2O3S. The molecule has 0 spiro atoms. The van der Waals surface area contributed by atoms with Gasteiger partial charge < -0.3 is 10.1 Å². The Hall–Kier alpha value is -1.73. The lowest BCUT2D eigenvalue weighted by molar-refractivity contribution is 0.411. The second kappa shape index (κ2) is 6.36. The molecule has 0 saturated carbocycles. The van der Waals surface area contributed by atoms with E-state index in [0.717, 1.165) is 5.69 Å².